The molecule has 0 saturated carbocycles. The number of carbonyl (C=O) groups is 2. The van der Waals surface area contributed by atoms with Crippen molar-refractivity contribution >= 4 is 18.2 Å². The van der Waals surface area contributed by atoms with Crippen LogP contribution in [0.15, 0.2) is 109 Å². The van der Waals surface area contributed by atoms with E-state index in [0.717, 1.165) is 38.1 Å². The normalized spacial score (nSPS) is 14.0. The molecule has 0 aromatic heterocycles. The molecule has 220 valence electrons. The molecular weight excluding hydrogens is 538 g/mol. The Morgan fingerprint density at radius 3 is 1.91 bits per heavy atom. The van der Waals surface area contributed by atoms with E-state index in [9.17, 15) is 14.8 Å². The summed E-state index contributed by atoms with van der Waals surface area (Å²) in [6.45, 7) is 4.18. The number of benzene rings is 4. The third kappa shape index (κ3) is 7.49. The van der Waals surface area contributed by atoms with Crippen LogP contribution in [0.3, 0.4) is 0 Å². The van der Waals surface area contributed by atoms with Crippen molar-refractivity contribution in [2.24, 2.45) is 5.92 Å². The van der Waals surface area contributed by atoms with Gasteiger partial charge in [0, 0.05) is 17.9 Å². The van der Waals surface area contributed by atoms with Gasteiger partial charge in [-0.05, 0) is 33.7 Å². The SMILES string of the molecule is CC(C)[C@@H](/C=[N+](\[O-])Cc1ccccc1)NC(=O)[C@H](Cc1ccccc1)NC(=O)OCC1c2ccccc2-c2ccccc21. The second-order valence-corrected chi connectivity index (χ2v) is 11.2. The fraction of sp³-hybridized carbons (Fsp3) is 0.250. The van der Waals surface area contributed by atoms with Crippen molar-refractivity contribution < 1.29 is 19.1 Å². The van der Waals surface area contributed by atoms with E-state index >= 15 is 0 Å². The number of fused-ring (bicyclic) bond motifs is 3. The largest absolute Gasteiger partial charge is 0.624 e. The van der Waals surface area contributed by atoms with Gasteiger partial charge in [-0.2, -0.15) is 0 Å². The minimum Gasteiger partial charge on any atom is -0.624 e. The van der Waals surface area contributed by atoms with Crippen molar-refractivity contribution in [1.82, 2.24) is 10.6 Å². The summed E-state index contributed by atoms with van der Waals surface area (Å²) in [5.74, 6) is -0.532. The molecule has 7 heteroatoms. The van der Waals surface area contributed by atoms with Crippen LogP contribution in [0.25, 0.3) is 11.1 Å². The zero-order chi connectivity index (χ0) is 30.2. The molecule has 1 aliphatic carbocycles. The Kier molecular flexibility index (Phi) is 9.52. The quantitative estimate of drug-likeness (QED) is 0.0984. The van der Waals surface area contributed by atoms with E-state index in [4.69, 9.17) is 4.74 Å². The lowest BCUT2D eigenvalue weighted by Crippen LogP contribution is -2.52. The fourth-order valence-corrected chi connectivity index (χ4v) is 5.48. The Morgan fingerprint density at radius 2 is 1.33 bits per heavy atom. The van der Waals surface area contributed by atoms with E-state index in [2.05, 4.69) is 34.9 Å². The summed E-state index contributed by atoms with van der Waals surface area (Å²) >= 11 is 0. The van der Waals surface area contributed by atoms with Crippen molar-refractivity contribution in [3.8, 4) is 11.1 Å². The summed E-state index contributed by atoms with van der Waals surface area (Å²) in [6.07, 6.45) is 1.09. The minimum atomic E-state index is -0.901. The number of hydrogen-bond acceptors (Lipinski definition) is 4. The molecule has 2 amide bonds. The molecule has 1 aliphatic rings. The molecule has 0 unspecified atom stereocenters. The summed E-state index contributed by atoms with van der Waals surface area (Å²) in [6, 6.07) is 33.8. The first-order chi connectivity index (χ1) is 20.9. The Morgan fingerprint density at radius 1 is 0.791 bits per heavy atom. The molecule has 2 N–H and O–H groups in total. The van der Waals surface area contributed by atoms with Gasteiger partial charge in [-0.3, -0.25) is 4.79 Å². The summed E-state index contributed by atoms with van der Waals surface area (Å²) in [5.41, 5.74) is 6.28. The summed E-state index contributed by atoms with van der Waals surface area (Å²) in [4.78, 5) is 26.8. The fourth-order valence-electron chi connectivity index (χ4n) is 5.48. The third-order valence-corrected chi connectivity index (χ3v) is 7.77. The van der Waals surface area contributed by atoms with E-state index in [1.165, 1.54) is 6.21 Å². The first-order valence-corrected chi connectivity index (χ1v) is 14.7. The third-order valence-electron chi connectivity index (χ3n) is 7.77. The van der Waals surface area contributed by atoms with Crippen molar-refractivity contribution in [1.29, 1.82) is 0 Å². The summed E-state index contributed by atoms with van der Waals surface area (Å²) in [7, 11) is 0. The van der Waals surface area contributed by atoms with Crippen LogP contribution in [-0.4, -0.2) is 41.6 Å². The maximum Gasteiger partial charge on any atom is 0.407 e. The molecule has 0 spiro atoms. The lowest BCUT2D eigenvalue weighted by atomic mass is 9.98. The number of alkyl carbamates (subject to hydrolysis) is 1. The van der Waals surface area contributed by atoms with Gasteiger partial charge in [0.1, 0.15) is 18.7 Å². The smallest absolute Gasteiger partial charge is 0.407 e. The van der Waals surface area contributed by atoms with Crippen LogP contribution in [0.1, 0.15) is 42.0 Å². The molecule has 0 saturated heterocycles. The van der Waals surface area contributed by atoms with Gasteiger partial charge in [-0.25, -0.2) is 9.53 Å². The number of nitrogens with zero attached hydrogens (tertiary/aromatic N) is 1. The van der Waals surface area contributed by atoms with Crippen molar-refractivity contribution in [3.05, 3.63) is 137 Å². The Bertz CT molecular complexity index is 1520. The molecule has 7 nitrogen and oxygen atoms in total. The standard InChI is InChI=1S/C36H37N3O4/c1-25(2)34(23-39(42)22-27-15-7-4-8-16-27)37-35(40)33(21-26-13-5-3-6-14-26)38-36(41)43-24-32-30-19-11-9-17-28(30)29-18-10-12-20-31(29)32/h3-20,23,25,32-34H,21-22,24H2,1-2H3,(H,37,40)(H,38,41)/b39-23-/t33-,34+/m0/s1. The molecule has 4 aromatic rings. The van der Waals surface area contributed by atoms with Crippen LogP contribution in [0.5, 0.6) is 0 Å². The van der Waals surface area contributed by atoms with Gasteiger partial charge in [-0.1, -0.05) is 123 Å². The summed E-state index contributed by atoms with van der Waals surface area (Å²) in [5, 5.41) is 18.5. The predicted octanol–water partition coefficient (Wildman–Crippen LogP) is 6.06. The zero-order valence-electron chi connectivity index (χ0n) is 24.5. The molecule has 0 heterocycles. The minimum absolute atomic E-state index is 0.0528. The van der Waals surface area contributed by atoms with Crippen molar-refractivity contribution in [2.45, 2.75) is 44.8 Å². The van der Waals surface area contributed by atoms with Gasteiger partial charge in [-0.15, -0.1) is 0 Å². The van der Waals surface area contributed by atoms with E-state index in [1.807, 2.05) is 98.8 Å². The van der Waals surface area contributed by atoms with E-state index in [-0.39, 0.29) is 37.3 Å². The second kappa shape index (κ2) is 13.8. The van der Waals surface area contributed by atoms with Gasteiger partial charge in [0.05, 0.1) is 0 Å². The van der Waals surface area contributed by atoms with Crippen molar-refractivity contribution in [2.75, 3.05) is 6.61 Å². The number of amides is 2. The maximum absolute atomic E-state index is 13.6. The first-order valence-electron chi connectivity index (χ1n) is 14.7. The van der Waals surface area contributed by atoms with Gasteiger partial charge in [0.2, 0.25) is 5.91 Å². The Labute approximate surface area is 252 Å². The summed E-state index contributed by atoms with van der Waals surface area (Å²) < 4.78 is 6.58. The molecular formula is C36H37N3O4. The maximum atomic E-state index is 13.6. The highest BCUT2D eigenvalue weighted by Crippen LogP contribution is 2.44. The molecule has 0 radical (unpaired) electrons. The number of nitrogens with one attached hydrogen (secondary N) is 2. The predicted molar refractivity (Wildman–Crippen MR) is 169 cm³/mol. The Balaban J connectivity index is 1.28. The number of hydroxylamine groups is 1. The van der Waals surface area contributed by atoms with Crippen molar-refractivity contribution in [3.63, 3.8) is 0 Å². The second-order valence-electron chi connectivity index (χ2n) is 11.2. The van der Waals surface area contributed by atoms with Crippen LogP contribution in [-0.2, 0) is 22.5 Å². The highest BCUT2D eigenvalue weighted by Gasteiger charge is 2.30. The number of ether oxygens (including phenoxy) is 1. The van der Waals surface area contributed by atoms with Gasteiger partial charge < -0.3 is 20.6 Å². The van der Waals surface area contributed by atoms with E-state index < -0.39 is 18.2 Å². The topological polar surface area (TPSA) is 93.5 Å². The van der Waals surface area contributed by atoms with Gasteiger partial charge in [0.25, 0.3) is 0 Å². The lowest BCUT2D eigenvalue weighted by molar-refractivity contribution is -0.471. The molecule has 2 atom stereocenters. The molecule has 4 aromatic carbocycles. The van der Waals surface area contributed by atoms with Gasteiger partial charge in [0.15, 0.2) is 12.8 Å². The van der Waals surface area contributed by atoms with Crippen LogP contribution in [0.2, 0.25) is 0 Å². The Hall–Kier alpha value is -4.91. The van der Waals surface area contributed by atoms with Crippen LogP contribution in [0, 0.1) is 11.1 Å². The molecule has 0 fully saturated rings. The molecule has 0 aliphatic heterocycles. The van der Waals surface area contributed by atoms with Gasteiger partial charge >= 0.3 is 6.09 Å². The number of rotatable bonds is 11. The van der Waals surface area contributed by atoms with Crippen LogP contribution in [0.4, 0.5) is 4.79 Å². The average molecular weight is 576 g/mol. The van der Waals surface area contributed by atoms with E-state index in [1.54, 1.807) is 0 Å². The van der Waals surface area contributed by atoms with Crippen LogP contribution < -0.4 is 10.6 Å². The van der Waals surface area contributed by atoms with Crippen LogP contribution >= 0.6 is 0 Å². The zero-order valence-corrected chi connectivity index (χ0v) is 24.5. The average Bonchev–Trinajstić information content (AvgIpc) is 3.34. The molecule has 0 bridgehead atoms. The first kappa shape index (κ1) is 29.6. The number of hydrogen-bond donors (Lipinski definition) is 2. The van der Waals surface area contributed by atoms with E-state index in [0.29, 0.717) is 0 Å². The highest BCUT2D eigenvalue weighted by atomic mass is 16.5. The monoisotopic (exact) mass is 575 g/mol. The number of carbonyl (C=O) groups excluding carboxylic acids is 2. The highest BCUT2D eigenvalue weighted by molar-refractivity contribution is 5.88. The lowest BCUT2D eigenvalue weighted by Gasteiger charge is -2.23. The molecule has 5 rings (SSSR count). The molecule has 43 heavy (non-hydrogen) atoms.